The van der Waals surface area contributed by atoms with E-state index in [2.05, 4.69) is 40.4 Å². The summed E-state index contributed by atoms with van der Waals surface area (Å²) in [6.45, 7) is 6.61. The SMILES string of the molecule is CCCCCCOc1ccc(C(=O)NC(=S)Nc2cccc(C(=O)N3CCC(C)CC3)c2)cc1Br. The van der Waals surface area contributed by atoms with Crippen LogP contribution >= 0.6 is 28.1 Å². The summed E-state index contributed by atoms with van der Waals surface area (Å²) in [5.74, 6) is 1.07. The number of halogens is 1. The van der Waals surface area contributed by atoms with E-state index < -0.39 is 0 Å². The normalized spacial score (nSPS) is 13.9. The fraction of sp³-hybridized carbons (Fsp3) is 0.444. The number of nitrogens with one attached hydrogen (secondary N) is 2. The maximum atomic E-state index is 12.9. The predicted octanol–water partition coefficient (Wildman–Crippen LogP) is 6.41. The molecule has 8 heteroatoms. The van der Waals surface area contributed by atoms with Crippen molar-refractivity contribution in [3.8, 4) is 5.75 Å². The molecular formula is C27H34BrN3O3S. The van der Waals surface area contributed by atoms with Crippen molar-refractivity contribution in [3.05, 3.63) is 58.1 Å². The second kappa shape index (κ2) is 13.6. The summed E-state index contributed by atoms with van der Waals surface area (Å²) in [7, 11) is 0. The van der Waals surface area contributed by atoms with Crippen LogP contribution in [0.15, 0.2) is 46.9 Å². The smallest absolute Gasteiger partial charge is 0.257 e. The van der Waals surface area contributed by atoms with Crippen molar-refractivity contribution in [1.82, 2.24) is 10.2 Å². The molecule has 0 aliphatic carbocycles. The van der Waals surface area contributed by atoms with Crippen LogP contribution in [-0.2, 0) is 0 Å². The lowest BCUT2D eigenvalue weighted by atomic mass is 9.98. The third-order valence-electron chi connectivity index (χ3n) is 6.11. The van der Waals surface area contributed by atoms with Crippen LogP contribution in [0, 0.1) is 5.92 Å². The lowest BCUT2D eigenvalue weighted by molar-refractivity contribution is 0.0697. The largest absolute Gasteiger partial charge is 0.492 e. The van der Waals surface area contributed by atoms with Gasteiger partial charge in [-0.05, 0) is 89.7 Å². The molecule has 2 amide bonds. The first-order valence-corrected chi connectivity index (χ1v) is 13.5. The van der Waals surface area contributed by atoms with Crippen molar-refractivity contribution >= 4 is 50.8 Å². The molecule has 2 aromatic rings. The Morgan fingerprint density at radius 3 is 2.57 bits per heavy atom. The van der Waals surface area contributed by atoms with Crippen LogP contribution in [0.25, 0.3) is 0 Å². The Bertz CT molecular complexity index is 1040. The number of thiocarbonyl (C=S) groups is 1. The Labute approximate surface area is 221 Å². The number of carbonyl (C=O) groups is 2. The number of nitrogens with zero attached hydrogens (tertiary/aromatic N) is 1. The Morgan fingerprint density at radius 2 is 1.86 bits per heavy atom. The molecular weight excluding hydrogens is 526 g/mol. The standard InChI is InChI=1S/C27H34BrN3O3S/c1-3-4-5-6-16-34-24-11-10-20(18-23(24)28)25(32)30-27(35)29-22-9-7-8-21(17-22)26(33)31-14-12-19(2)13-15-31/h7-11,17-19H,3-6,12-16H2,1-2H3,(H2,29,30,32,35). The van der Waals surface area contributed by atoms with Gasteiger partial charge in [0.2, 0.25) is 0 Å². The molecule has 2 aromatic carbocycles. The molecule has 0 bridgehead atoms. The quantitative estimate of drug-likeness (QED) is 0.274. The second-order valence-electron chi connectivity index (χ2n) is 9.02. The van der Waals surface area contributed by atoms with Crippen LogP contribution in [0.3, 0.4) is 0 Å². The number of benzene rings is 2. The van der Waals surface area contributed by atoms with Gasteiger partial charge in [-0.15, -0.1) is 0 Å². The topological polar surface area (TPSA) is 70.7 Å². The molecule has 1 fully saturated rings. The van der Waals surface area contributed by atoms with Gasteiger partial charge in [0.05, 0.1) is 11.1 Å². The van der Waals surface area contributed by atoms with E-state index in [4.69, 9.17) is 17.0 Å². The van der Waals surface area contributed by atoms with Crippen LogP contribution in [0.4, 0.5) is 5.69 Å². The van der Waals surface area contributed by atoms with Gasteiger partial charge in [0.15, 0.2) is 5.11 Å². The van der Waals surface area contributed by atoms with Crippen LogP contribution in [-0.4, -0.2) is 41.5 Å². The lowest BCUT2D eigenvalue weighted by Gasteiger charge is -2.30. The number of likely N-dealkylation sites (tertiary alicyclic amines) is 1. The zero-order chi connectivity index (χ0) is 25.2. The van der Waals surface area contributed by atoms with Gasteiger partial charge in [-0.1, -0.05) is 39.2 Å². The number of unbranched alkanes of at least 4 members (excludes halogenated alkanes) is 3. The molecule has 35 heavy (non-hydrogen) atoms. The Kier molecular flexibility index (Phi) is 10.5. The molecule has 0 atom stereocenters. The van der Waals surface area contributed by atoms with Crippen molar-refractivity contribution in [1.29, 1.82) is 0 Å². The van der Waals surface area contributed by atoms with Crippen molar-refractivity contribution in [2.24, 2.45) is 5.92 Å². The van der Waals surface area contributed by atoms with Crippen molar-refractivity contribution in [3.63, 3.8) is 0 Å². The van der Waals surface area contributed by atoms with Crippen molar-refractivity contribution in [2.45, 2.75) is 52.4 Å². The molecule has 1 aliphatic rings. The van der Waals surface area contributed by atoms with E-state index in [1.54, 1.807) is 30.3 Å². The third-order valence-corrected chi connectivity index (χ3v) is 6.94. The molecule has 1 aliphatic heterocycles. The van der Waals surface area contributed by atoms with Crippen LogP contribution < -0.4 is 15.4 Å². The predicted molar refractivity (Wildman–Crippen MR) is 148 cm³/mol. The highest BCUT2D eigenvalue weighted by molar-refractivity contribution is 9.10. The summed E-state index contributed by atoms with van der Waals surface area (Å²) in [5.41, 5.74) is 1.72. The number of hydrogen-bond acceptors (Lipinski definition) is 4. The van der Waals surface area contributed by atoms with Crippen LogP contribution in [0.2, 0.25) is 0 Å². The van der Waals surface area contributed by atoms with E-state index in [0.29, 0.717) is 35.1 Å². The lowest BCUT2D eigenvalue weighted by Crippen LogP contribution is -2.38. The highest BCUT2D eigenvalue weighted by Gasteiger charge is 2.21. The minimum absolute atomic E-state index is 0.0213. The van der Waals surface area contributed by atoms with Gasteiger partial charge in [0, 0.05) is 29.9 Å². The van der Waals surface area contributed by atoms with Gasteiger partial charge in [0.1, 0.15) is 5.75 Å². The van der Waals surface area contributed by atoms with E-state index in [1.807, 2.05) is 17.0 Å². The van der Waals surface area contributed by atoms with E-state index in [-0.39, 0.29) is 16.9 Å². The Hall–Kier alpha value is -2.45. The molecule has 1 saturated heterocycles. The van der Waals surface area contributed by atoms with Gasteiger partial charge >= 0.3 is 0 Å². The molecule has 3 rings (SSSR count). The first-order valence-electron chi connectivity index (χ1n) is 12.3. The monoisotopic (exact) mass is 559 g/mol. The summed E-state index contributed by atoms with van der Waals surface area (Å²) in [4.78, 5) is 27.4. The zero-order valence-corrected chi connectivity index (χ0v) is 22.8. The van der Waals surface area contributed by atoms with E-state index in [0.717, 1.165) is 43.2 Å². The second-order valence-corrected chi connectivity index (χ2v) is 10.3. The van der Waals surface area contributed by atoms with Gasteiger partial charge in [0.25, 0.3) is 11.8 Å². The van der Waals surface area contributed by atoms with Gasteiger partial charge in [-0.25, -0.2) is 0 Å². The average molecular weight is 561 g/mol. The molecule has 0 unspecified atom stereocenters. The molecule has 0 saturated carbocycles. The number of piperidine rings is 1. The fourth-order valence-corrected chi connectivity index (χ4v) is 4.64. The Morgan fingerprint density at radius 1 is 1.09 bits per heavy atom. The van der Waals surface area contributed by atoms with Crippen molar-refractivity contribution < 1.29 is 14.3 Å². The molecule has 2 N–H and O–H groups in total. The summed E-state index contributed by atoms with van der Waals surface area (Å²) >= 11 is 8.82. The Balaban J connectivity index is 1.53. The molecule has 0 spiro atoms. The van der Waals surface area contributed by atoms with E-state index in [9.17, 15) is 9.59 Å². The van der Waals surface area contributed by atoms with Crippen LogP contribution in [0.1, 0.15) is 73.1 Å². The summed E-state index contributed by atoms with van der Waals surface area (Å²) < 4.78 is 6.53. The first kappa shape index (κ1) is 27.1. The van der Waals surface area contributed by atoms with Crippen LogP contribution in [0.5, 0.6) is 5.75 Å². The molecule has 1 heterocycles. The zero-order valence-electron chi connectivity index (χ0n) is 20.4. The van der Waals surface area contributed by atoms with Gasteiger partial charge in [-0.2, -0.15) is 0 Å². The fourth-order valence-electron chi connectivity index (χ4n) is 3.93. The van der Waals surface area contributed by atoms with Crippen molar-refractivity contribution in [2.75, 3.05) is 25.0 Å². The average Bonchev–Trinajstić information content (AvgIpc) is 2.84. The molecule has 6 nitrogen and oxygen atoms in total. The number of hydrogen-bond donors (Lipinski definition) is 2. The summed E-state index contributed by atoms with van der Waals surface area (Å²) in [6, 6.07) is 12.4. The minimum Gasteiger partial charge on any atom is -0.492 e. The van der Waals surface area contributed by atoms with Gasteiger partial charge < -0.3 is 15.0 Å². The summed E-state index contributed by atoms with van der Waals surface area (Å²) in [5, 5.41) is 5.88. The van der Waals surface area contributed by atoms with Gasteiger partial charge in [-0.3, -0.25) is 14.9 Å². The number of rotatable bonds is 9. The molecule has 188 valence electrons. The molecule has 0 radical (unpaired) electrons. The summed E-state index contributed by atoms with van der Waals surface area (Å²) in [6.07, 6.45) is 6.60. The highest BCUT2D eigenvalue weighted by atomic mass is 79.9. The van der Waals surface area contributed by atoms with E-state index in [1.165, 1.54) is 12.8 Å². The first-order chi connectivity index (χ1) is 16.9. The maximum absolute atomic E-state index is 12.9. The molecule has 0 aromatic heterocycles. The number of anilines is 1. The minimum atomic E-state index is -0.327. The number of amides is 2. The number of ether oxygens (including phenoxy) is 1. The van der Waals surface area contributed by atoms with E-state index >= 15 is 0 Å². The third kappa shape index (κ3) is 8.32. The maximum Gasteiger partial charge on any atom is 0.257 e. The number of carbonyl (C=O) groups excluding carboxylic acids is 2. The highest BCUT2D eigenvalue weighted by Crippen LogP contribution is 2.26.